The third kappa shape index (κ3) is 3.95. The van der Waals surface area contributed by atoms with Crippen LogP contribution in [0.2, 0.25) is 10.0 Å². The number of halogens is 2. The Kier molecular flexibility index (Phi) is 5.06. The van der Waals surface area contributed by atoms with E-state index in [4.69, 9.17) is 23.2 Å². The van der Waals surface area contributed by atoms with Crippen molar-refractivity contribution in [1.29, 1.82) is 0 Å². The van der Waals surface area contributed by atoms with E-state index in [2.05, 4.69) is 5.32 Å². The van der Waals surface area contributed by atoms with Crippen molar-refractivity contribution in [3.8, 4) is 0 Å². The Morgan fingerprint density at radius 1 is 1.38 bits per heavy atom. The molecule has 1 aromatic rings. The summed E-state index contributed by atoms with van der Waals surface area (Å²) in [6, 6.07) is 5.54. The Bertz CT molecular complexity index is 353. The highest BCUT2D eigenvalue weighted by Gasteiger charge is 2.16. The second-order valence-corrected chi connectivity index (χ2v) is 4.95. The van der Waals surface area contributed by atoms with Gasteiger partial charge in [0.15, 0.2) is 0 Å². The van der Waals surface area contributed by atoms with E-state index in [0.29, 0.717) is 29.6 Å². The lowest BCUT2D eigenvalue weighted by Gasteiger charge is -2.21. The Hall–Kier alpha value is -0.280. The maximum Gasteiger partial charge on any atom is 0.0741 e. The Morgan fingerprint density at radius 3 is 2.69 bits per heavy atom. The van der Waals surface area contributed by atoms with Gasteiger partial charge in [-0.2, -0.15) is 0 Å². The van der Waals surface area contributed by atoms with E-state index in [0.717, 1.165) is 5.56 Å². The lowest BCUT2D eigenvalue weighted by atomic mass is 10.0. The summed E-state index contributed by atoms with van der Waals surface area (Å²) >= 11 is 11.9. The van der Waals surface area contributed by atoms with Gasteiger partial charge in [-0.3, -0.25) is 0 Å². The normalized spacial score (nSPS) is 14.8. The third-order valence-electron chi connectivity index (χ3n) is 2.61. The van der Waals surface area contributed by atoms with Crippen molar-refractivity contribution in [1.82, 2.24) is 5.32 Å². The summed E-state index contributed by atoms with van der Waals surface area (Å²) in [5.41, 5.74) is 0.270. The van der Waals surface area contributed by atoms with Gasteiger partial charge in [0.1, 0.15) is 0 Å². The average Bonchev–Trinajstić information content (AvgIpc) is 2.24. The van der Waals surface area contributed by atoms with Crippen LogP contribution >= 0.6 is 23.2 Å². The minimum Gasteiger partial charge on any atom is -0.389 e. The van der Waals surface area contributed by atoms with E-state index < -0.39 is 5.60 Å². The van der Waals surface area contributed by atoms with Crippen LogP contribution in [0.3, 0.4) is 0 Å². The van der Waals surface area contributed by atoms with Crippen molar-refractivity contribution in [2.24, 2.45) is 0 Å². The molecule has 1 aromatic carbocycles. The fourth-order valence-corrected chi connectivity index (χ4v) is 1.66. The van der Waals surface area contributed by atoms with Crippen LogP contribution in [0.25, 0.3) is 0 Å². The highest BCUT2D eigenvalue weighted by Crippen LogP contribution is 2.25. The minimum atomic E-state index is -0.676. The summed E-state index contributed by atoms with van der Waals surface area (Å²) in [7, 11) is 0. The average molecular weight is 262 g/mol. The molecule has 0 spiro atoms. The van der Waals surface area contributed by atoms with E-state index >= 15 is 0 Å². The van der Waals surface area contributed by atoms with E-state index in [9.17, 15) is 5.11 Å². The standard InChI is InChI=1S/C12H17Cl2NO/c1-3-12(2,16)8-15-7-9-5-4-6-10(13)11(9)14/h4-6,15-16H,3,7-8H2,1-2H3. The van der Waals surface area contributed by atoms with Gasteiger partial charge < -0.3 is 10.4 Å². The second kappa shape index (κ2) is 5.87. The molecular formula is C12H17Cl2NO. The fraction of sp³-hybridized carbons (Fsp3) is 0.500. The van der Waals surface area contributed by atoms with Gasteiger partial charge in [-0.1, -0.05) is 42.3 Å². The van der Waals surface area contributed by atoms with Crippen molar-refractivity contribution in [2.45, 2.75) is 32.4 Å². The zero-order chi connectivity index (χ0) is 12.2. The van der Waals surface area contributed by atoms with Gasteiger partial charge in [0.2, 0.25) is 0 Å². The molecule has 2 nitrogen and oxygen atoms in total. The molecule has 0 heterocycles. The predicted molar refractivity (Wildman–Crippen MR) is 69.1 cm³/mol. The Labute approximate surface area is 107 Å². The van der Waals surface area contributed by atoms with Crippen molar-refractivity contribution in [3.63, 3.8) is 0 Å². The third-order valence-corrected chi connectivity index (χ3v) is 3.47. The summed E-state index contributed by atoms with van der Waals surface area (Å²) in [6.45, 7) is 4.90. The Morgan fingerprint density at radius 2 is 2.06 bits per heavy atom. The molecule has 0 aliphatic heterocycles. The van der Waals surface area contributed by atoms with Crippen molar-refractivity contribution < 1.29 is 5.11 Å². The molecule has 0 amide bonds. The molecule has 0 saturated carbocycles. The van der Waals surface area contributed by atoms with E-state index in [1.165, 1.54) is 0 Å². The molecule has 1 unspecified atom stereocenters. The first-order valence-corrected chi connectivity index (χ1v) is 6.08. The topological polar surface area (TPSA) is 32.3 Å². The highest BCUT2D eigenvalue weighted by atomic mass is 35.5. The summed E-state index contributed by atoms with van der Waals surface area (Å²) in [6.07, 6.45) is 0.712. The first-order valence-electron chi connectivity index (χ1n) is 5.32. The van der Waals surface area contributed by atoms with E-state index in [1.54, 1.807) is 13.0 Å². The quantitative estimate of drug-likeness (QED) is 0.853. The Balaban J connectivity index is 2.53. The number of benzene rings is 1. The lowest BCUT2D eigenvalue weighted by molar-refractivity contribution is 0.0555. The molecular weight excluding hydrogens is 245 g/mol. The van der Waals surface area contributed by atoms with Gasteiger partial charge in [-0.25, -0.2) is 0 Å². The van der Waals surface area contributed by atoms with Gasteiger partial charge in [-0.15, -0.1) is 0 Å². The maximum atomic E-state index is 9.80. The minimum absolute atomic E-state index is 0.534. The molecule has 0 bridgehead atoms. The number of nitrogens with one attached hydrogen (secondary N) is 1. The molecule has 1 atom stereocenters. The highest BCUT2D eigenvalue weighted by molar-refractivity contribution is 6.42. The first-order chi connectivity index (χ1) is 7.46. The fourth-order valence-electron chi connectivity index (χ4n) is 1.28. The molecule has 0 radical (unpaired) electrons. The van der Waals surface area contributed by atoms with E-state index in [-0.39, 0.29) is 0 Å². The van der Waals surface area contributed by atoms with Crippen LogP contribution in [-0.4, -0.2) is 17.3 Å². The predicted octanol–water partition coefficient (Wildman–Crippen LogP) is 3.24. The molecule has 0 saturated heterocycles. The number of hydrogen-bond donors (Lipinski definition) is 2. The van der Waals surface area contributed by atoms with Crippen LogP contribution in [0.4, 0.5) is 0 Å². The smallest absolute Gasteiger partial charge is 0.0741 e. The lowest BCUT2D eigenvalue weighted by Crippen LogP contribution is -2.36. The molecule has 0 fully saturated rings. The van der Waals surface area contributed by atoms with Crippen LogP contribution in [0.1, 0.15) is 25.8 Å². The molecule has 2 N–H and O–H groups in total. The molecule has 0 aliphatic rings. The molecule has 0 aromatic heterocycles. The van der Waals surface area contributed by atoms with Gasteiger partial charge in [0.05, 0.1) is 15.6 Å². The maximum absolute atomic E-state index is 9.80. The van der Waals surface area contributed by atoms with Crippen molar-refractivity contribution >= 4 is 23.2 Å². The van der Waals surface area contributed by atoms with Crippen LogP contribution < -0.4 is 5.32 Å². The summed E-state index contributed by atoms with van der Waals surface area (Å²) in [5.74, 6) is 0. The van der Waals surface area contributed by atoms with Crippen LogP contribution in [-0.2, 0) is 6.54 Å². The molecule has 90 valence electrons. The van der Waals surface area contributed by atoms with Gasteiger partial charge in [0, 0.05) is 13.1 Å². The monoisotopic (exact) mass is 261 g/mol. The number of aliphatic hydroxyl groups is 1. The zero-order valence-electron chi connectivity index (χ0n) is 9.56. The number of rotatable bonds is 5. The van der Waals surface area contributed by atoms with Gasteiger partial charge in [0.25, 0.3) is 0 Å². The SMILES string of the molecule is CCC(C)(O)CNCc1cccc(Cl)c1Cl. The molecule has 0 aliphatic carbocycles. The van der Waals surface area contributed by atoms with Gasteiger partial charge >= 0.3 is 0 Å². The molecule has 16 heavy (non-hydrogen) atoms. The largest absolute Gasteiger partial charge is 0.389 e. The summed E-state index contributed by atoms with van der Waals surface area (Å²) < 4.78 is 0. The van der Waals surface area contributed by atoms with Gasteiger partial charge in [-0.05, 0) is 25.0 Å². The molecule has 1 rings (SSSR count). The summed E-state index contributed by atoms with van der Waals surface area (Å²) in [5, 5.41) is 14.1. The second-order valence-electron chi connectivity index (χ2n) is 4.17. The van der Waals surface area contributed by atoms with Crippen molar-refractivity contribution in [3.05, 3.63) is 33.8 Å². The number of hydrogen-bond acceptors (Lipinski definition) is 2. The van der Waals surface area contributed by atoms with Crippen LogP contribution in [0.15, 0.2) is 18.2 Å². The zero-order valence-corrected chi connectivity index (χ0v) is 11.1. The summed E-state index contributed by atoms with van der Waals surface area (Å²) in [4.78, 5) is 0. The first kappa shape index (κ1) is 13.8. The van der Waals surface area contributed by atoms with E-state index in [1.807, 2.05) is 19.1 Å². The van der Waals surface area contributed by atoms with Crippen LogP contribution in [0.5, 0.6) is 0 Å². The van der Waals surface area contributed by atoms with Crippen molar-refractivity contribution in [2.75, 3.05) is 6.54 Å². The molecule has 4 heteroatoms. The van der Waals surface area contributed by atoms with Crippen LogP contribution in [0, 0.1) is 0 Å².